The maximum absolute atomic E-state index is 13.5. The first kappa shape index (κ1) is 18.8. The second kappa shape index (κ2) is 7.13. The molecule has 134 valence electrons. The first-order chi connectivity index (χ1) is 11.7. The highest BCUT2D eigenvalue weighted by Crippen LogP contribution is 2.44. The third-order valence-electron chi connectivity index (χ3n) is 4.12. The zero-order valence-electron chi connectivity index (χ0n) is 13.8. The molecule has 0 radical (unpaired) electrons. The number of carbonyl (C=O) groups is 1. The lowest BCUT2D eigenvalue weighted by Gasteiger charge is -2.43. The summed E-state index contributed by atoms with van der Waals surface area (Å²) in [7, 11) is 2.63. The van der Waals surface area contributed by atoms with Gasteiger partial charge in [0.05, 0.1) is 6.42 Å². The molecule has 2 amide bonds. The summed E-state index contributed by atoms with van der Waals surface area (Å²) in [6.07, 6.45) is -5.87. The normalized spacial score (nSPS) is 13.8. The number of rotatable bonds is 4. The third-order valence-corrected chi connectivity index (χ3v) is 4.12. The first-order valence-electron chi connectivity index (χ1n) is 7.54. The number of carbonyl (C=O) groups excluding carboxylic acids is 1. The zero-order valence-corrected chi connectivity index (χ0v) is 13.8. The van der Waals surface area contributed by atoms with Gasteiger partial charge in [-0.25, -0.2) is 9.18 Å². The molecule has 2 rings (SSSR count). The lowest BCUT2D eigenvalue weighted by molar-refractivity contribution is -0.154. The van der Waals surface area contributed by atoms with Crippen molar-refractivity contribution in [3.63, 3.8) is 0 Å². The van der Waals surface area contributed by atoms with Crippen LogP contribution in [0.1, 0.15) is 17.5 Å². The fourth-order valence-electron chi connectivity index (χ4n) is 2.95. The summed E-state index contributed by atoms with van der Waals surface area (Å²) in [6.45, 7) is 0. The molecule has 25 heavy (non-hydrogen) atoms. The molecule has 0 aromatic heterocycles. The third kappa shape index (κ3) is 3.92. The van der Waals surface area contributed by atoms with E-state index in [0.29, 0.717) is 0 Å². The van der Waals surface area contributed by atoms with Gasteiger partial charge in [0.15, 0.2) is 0 Å². The molecular formula is C18H18F4N2O. The van der Waals surface area contributed by atoms with E-state index in [0.717, 1.165) is 17.0 Å². The zero-order chi connectivity index (χ0) is 18.7. The summed E-state index contributed by atoms with van der Waals surface area (Å²) in [5, 5.41) is 2.35. The fraction of sp³-hybridized carbons (Fsp3) is 0.278. The molecule has 1 unspecified atom stereocenters. The minimum atomic E-state index is -4.56. The molecular weight excluding hydrogens is 336 g/mol. The summed E-state index contributed by atoms with van der Waals surface area (Å²) in [6, 6.07) is 11.9. The first-order valence-corrected chi connectivity index (χ1v) is 7.54. The van der Waals surface area contributed by atoms with E-state index < -0.39 is 30.0 Å². The molecule has 0 bridgehead atoms. The number of urea groups is 1. The number of halogens is 4. The van der Waals surface area contributed by atoms with Gasteiger partial charge in [-0.3, -0.25) is 0 Å². The smallest absolute Gasteiger partial charge is 0.341 e. The SMILES string of the molecule is CNC(=O)N(C)C(CC(F)(F)F)(c1ccccc1)c1ccc(F)cc1. The van der Waals surface area contributed by atoms with Crippen LogP contribution in [0, 0.1) is 5.82 Å². The number of nitrogens with zero attached hydrogens (tertiary/aromatic N) is 1. The summed E-state index contributed by atoms with van der Waals surface area (Å²) < 4.78 is 53.8. The highest BCUT2D eigenvalue weighted by atomic mass is 19.4. The molecule has 0 aliphatic rings. The van der Waals surface area contributed by atoms with Crippen molar-refractivity contribution >= 4 is 6.03 Å². The lowest BCUT2D eigenvalue weighted by atomic mass is 9.78. The molecule has 1 atom stereocenters. The Kier molecular flexibility index (Phi) is 5.35. The summed E-state index contributed by atoms with van der Waals surface area (Å²) in [5.74, 6) is -0.569. The lowest BCUT2D eigenvalue weighted by Crippen LogP contribution is -2.53. The van der Waals surface area contributed by atoms with Gasteiger partial charge in [0.2, 0.25) is 0 Å². The van der Waals surface area contributed by atoms with Crippen LogP contribution in [0.15, 0.2) is 54.6 Å². The Morgan fingerprint density at radius 1 is 1.00 bits per heavy atom. The Morgan fingerprint density at radius 2 is 1.52 bits per heavy atom. The highest BCUT2D eigenvalue weighted by Gasteiger charge is 2.49. The molecule has 7 heteroatoms. The Labute approximate surface area is 143 Å². The number of nitrogens with one attached hydrogen (secondary N) is 1. The van der Waals surface area contributed by atoms with E-state index in [1.54, 1.807) is 18.2 Å². The van der Waals surface area contributed by atoms with Crippen molar-refractivity contribution < 1.29 is 22.4 Å². The van der Waals surface area contributed by atoms with Crippen molar-refractivity contribution in [2.75, 3.05) is 14.1 Å². The molecule has 0 spiro atoms. The maximum atomic E-state index is 13.5. The minimum absolute atomic E-state index is 0.170. The van der Waals surface area contributed by atoms with Crippen molar-refractivity contribution in [1.82, 2.24) is 10.2 Å². The van der Waals surface area contributed by atoms with Gasteiger partial charge in [-0.05, 0) is 23.3 Å². The number of alkyl halides is 3. The average Bonchev–Trinajstić information content (AvgIpc) is 2.59. The molecule has 3 nitrogen and oxygen atoms in total. The van der Waals surface area contributed by atoms with E-state index in [1.807, 2.05) is 0 Å². The van der Waals surface area contributed by atoms with Crippen molar-refractivity contribution in [2.24, 2.45) is 0 Å². The number of hydrogen-bond donors (Lipinski definition) is 1. The van der Waals surface area contributed by atoms with Gasteiger partial charge in [-0.2, -0.15) is 13.2 Å². The van der Waals surface area contributed by atoms with Crippen LogP contribution in [-0.4, -0.2) is 31.2 Å². The van der Waals surface area contributed by atoms with Gasteiger partial charge >= 0.3 is 12.2 Å². The Balaban J connectivity index is 2.77. The van der Waals surface area contributed by atoms with Crippen molar-refractivity contribution in [2.45, 2.75) is 18.1 Å². The number of amides is 2. The van der Waals surface area contributed by atoms with Crippen molar-refractivity contribution in [3.05, 3.63) is 71.5 Å². The van der Waals surface area contributed by atoms with Gasteiger partial charge in [0, 0.05) is 14.1 Å². The molecule has 0 heterocycles. The second-order valence-electron chi connectivity index (χ2n) is 5.64. The van der Waals surface area contributed by atoms with E-state index in [2.05, 4.69) is 5.32 Å². The molecule has 0 aliphatic heterocycles. The fourth-order valence-corrected chi connectivity index (χ4v) is 2.95. The monoisotopic (exact) mass is 354 g/mol. The largest absolute Gasteiger partial charge is 0.392 e. The van der Waals surface area contributed by atoms with E-state index in [-0.39, 0.29) is 11.1 Å². The van der Waals surface area contributed by atoms with E-state index in [1.165, 1.54) is 38.4 Å². The second-order valence-corrected chi connectivity index (χ2v) is 5.64. The van der Waals surface area contributed by atoms with Crippen LogP contribution in [0.3, 0.4) is 0 Å². The molecule has 2 aromatic carbocycles. The Morgan fingerprint density at radius 3 is 2.00 bits per heavy atom. The maximum Gasteiger partial charge on any atom is 0.392 e. The number of hydrogen-bond acceptors (Lipinski definition) is 1. The molecule has 0 fully saturated rings. The summed E-state index contributed by atoms with van der Waals surface area (Å²) in [4.78, 5) is 13.2. The van der Waals surface area contributed by atoms with E-state index in [4.69, 9.17) is 0 Å². The predicted octanol–water partition coefficient (Wildman–Crippen LogP) is 4.29. The van der Waals surface area contributed by atoms with Crippen LogP contribution in [0.4, 0.5) is 22.4 Å². The highest BCUT2D eigenvalue weighted by molar-refractivity contribution is 5.75. The predicted molar refractivity (Wildman–Crippen MR) is 86.5 cm³/mol. The summed E-state index contributed by atoms with van der Waals surface area (Å²) >= 11 is 0. The molecule has 2 aromatic rings. The van der Waals surface area contributed by atoms with Crippen LogP contribution in [-0.2, 0) is 5.54 Å². The van der Waals surface area contributed by atoms with Crippen LogP contribution >= 0.6 is 0 Å². The Bertz CT molecular complexity index is 716. The average molecular weight is 354 g/mol. The quantitative estimate of drug-likeness (QED) is 0.816. The van der Waals surface area contributed by atoms with Gasteiger partial charge in [0.1, 0.15) is 11.4 Å². The molecule has 0 aliphatic carbocycles. The van der Waals surface area contributed by atoms with E-state index >= 15 is 0 Å². The number of benzene rings is 2. The van der Waals surface area contributed by atoms with Gasteiger partial charge in [-0.1, -0.05) is 42.5 Å². The van der Waals surface area contributed by atoms with Crippen LogP contribution in [0.2, 0.25) is 0 Å². The van der Waals surface area contributed by atoms with Gasteiger partial charge in [0.25, 0.3) is 0 Å². The minimum Gasteiger partial charge on any atom is -0.341 e. The molecule has 0 saturated heterocycles. The molecule has 1 N–H and O–H groups in total. The Hall–Kier alpha value is -2.57. The van der Waals surface area contributed by atoms with Crippen molar-refractivity contribution in [1.29, 1.82) is 0 Å². The summed E-state index contributed by atoms with van der Waals surface area (Å²) in [5.41, 5.74) is -1.37. The standard InChI is InChI=1S/C18H18F4N2O/c1-23-16(25)24(2)17(12-18(20,21)22,13-6-4-3-5-7-13)14-8-10-15(19)11-9-14/h3-11H,12H2,1-2H3,(H,23,25). The van der Waals surface area contributed by atoms with Crippen molar-refractivity contribution in [3.8, 4) is 0 Å². The van der Waals surface area contributed by atoms with E-state index in [9.17, 15) is 22.4 Å². The van der Waals surface area contributed by atoms with Crippen LogP contribution < -0.4 is 5.32 Å². The van der Waals surface area contributed by atoms with Crippen LogP contribution in [0.5, 0.6) is 0 Å². The van der Waals surface area contributed by atoms with Crippen LogP contribution in [0.25, 0.3) is 0 Å². The van der Waals surface area contributed by atoms with Gasteiger partial charge < -0.3 is 10.2 Å². The van der Waals surface area contributed by atoms with Gasteiger partial charge in [-0.15, -0.1) is 0 Å². The topological polar surface area (TPSA) is 32.3 Å². The molecule has 0 saturated carbocycles.